The highest BCUT2D eigenvalue weighted by Crippen LogP contribution is 1.94. The molecule has 0 radical (unpaired) electrons. The predicted molar refractivity (Wildman–Crippen MR) is 46.9 cm³/mol. The lowest BCUT2D eigenvalue weighted by Gasteiger charge is -1.99. The molecule has 0 spiro atoms. The zero-order chi connectivity index (χ0) is 7.72. The Balaban J connectivity index is 3.50. The summed E-state index contributed by atoms with van der Waals surface area (Å²) in [7, 11) is 1.72. The minimum Gasteiger partial charge on any atom is -0.299 e. The second kappa shape index (κ2) is 2.69. The Morgan fingerprint density at radius 1 is 1.70 bits per heavy atom. The first-order chi connectivity index (χ1) is 4.63. The average molecular weight is 250 g/mol. The van der Waals surface area contributed by atoms with Crippen LogP contribution in [0.2, 0.25) is 0 Å². The van der Waals surface area contributed by atoms with Crippen LogP contribution in [0.1, 0.15) is 5.82 Å². The van der Waals surface area contributed by atoms with Crippen LogP contribution in [0.5, 0.6) is 0 Å². The number of nitrogens with zero attached hydrogens (tertiary/aromatic N) is 2. The van der Waals surface area contributed by atoms with E-state index in [0.717, 1.165) is 5.82 Å². The quantitative estimate of drug-likeness (QED) is 0.635. The molecule has 0 aliphatic heterocycles. The Morgan fingerprint density at radius 2 is 2.30 bits per heavy atom. The molecule has 0 amide bonds. The van der Waals surface area contributed by atoms with E-state index >= 15 is 0 Å². The Labute approximate surface area is 72.2 Å². The van der Waals surface area contributed by atoms with Gasteiger partial charge in [0.05, 0.1) is 3.57 Å². The summed E-state index contributed by atoms with van der Waals surface area (Å²) in [5, 5.41) is 0. The number of hydrogen-bond donors (Lipinski definition) is 0. The monoisotopic (exact) mass is 250 g/mol. The lowest BCUT2D eigenvalue weighted by molar-refractivity contribution is 0.767. The fourth-order valence-corrected chi connectivity index (χ4v) is 1.10. The maximum Gasteiger partial charge on any atom is 0.266 e. The fraction of sp³-hybridized carbons (Fsp3) is 0.333. The molecule has 54 valence electrons. The first-order valence-corrected chi connectivity index (χ1v) is 3.89. The summed E-state index contributed by atoms with van der Waals surface area (Å²) in [4.78, 5) is 15.1. The van der Waals surface area contributed by atoms with Gasteiger partial charge in [-0.1, -0.05) is 0 Å². The minimum absolute atomic E-state index is 0.0214. The van der Waals surface area contributed by atoms with E-state index < -0.39 is 0 Å². The molecule has 0 aliphatic rings. The zero-order valence-electron chi connectivity index (χ0n) is 5.76. The Hall–Kier alpha value is -0.390. The molecular weight excluding hydrogens is 243 g/mol. The second-order valence-corrected chi connectivity index (χ2v) is 3.18. The normalized spacial score (nSPS) is 9.90. The Kier molecular flexibility index (Phi) is 2.08. The number of halogens is 1. The zero-order valence-corrected chi connectivity index (χ0v) is 7.92. The molecule has 0 aromatic carbocycles. The molecule has 0 saturated carbocycles. The molecule has 3 nitrogen and oxygen atoms in total. The van der Waals surface area contributed by atoms with E-state index in [1.54, 1.807) is 20.2 Å². The first kappa shape index (κ1) is 7.71. The van der Waals surface area contributed by atoms with Gasteiger partial charge in [0, 0.05) is 13.2 Å². The van der Waals surface area contributed by atoms with Crippen LogP contribution >= 0.6 is 22.6 Å². The second-order valence-electron chi connectivity index (χ2n) is 2.02. The molecule has 0 fully saturated rings. The number of aromatic nitrogens is 2. The van der Waals surface area contributed by atoms with Gasteiger partial charge in [0.2, 0.25) is 0 Å². The molecule has 1 heterocycles. The van der Waals surface area contributed by atoms with Crippen molar-refractivity contribution >= 4 is 22.6 Å². The van der Waals surface area contributed by atoms with Gasteiger partial charge in [0.1, 0.15) is 5.82 Å². The van der Waals surface area contributed by atoms with Crippen molar-refractivity contribution in [3.8, 4) is 0 Å². The van der Waals surface area contributed by atoms with Gasteiger partial charge in [-0.15, -0.1) is 0 Å². The van der Waals surface area contributed by atoms with Gasteiger partial charge in [-0.05, 0) is 29.5 Å². The van der Waals surface area contributed by atoms with Gasteiger partial charge in [0.15, 0.2) is 0 Å². The Bertz CT molecular complexity index is 305. The van der Waals surface area contributed by atoms with E-state index in [1.165, 1.54) is 4.57 Å². The lowest BCUT2D eigenvalue weighted by Crippen LogP contribution is -2.22. The van der Waals surface area contributed by atoms with Crippen molar-refractivity contribution in [2.24, 2.45) is 7.05 Å². The highest BCUT2D eigenvalue weighted by molar-refractivity contribution is 14.1. The van der Waals surface area contributed by atoms with Crippen molar-refractivity contribution in [2.45, 2.75) is 6.92 Å². The van der Waals surface area contributed by atoms with Gasteiger partial charge in [-0.2, -0.15) is 0 Å². The third-order valence-corrected chi connectivity index (χ3v) is 2.10. The highest BCUT2D eigenvalue weighted by Gasteiger charge is 1.98. The summed E-state index contributed by atoms with van der Waals surface area (Å²) in [6, 6.07) is 0. The number of rotatable bonds is 0. The largest absolute Gasteiger partial charge is 0.299 e. The molecule has 0 atom stereocenters. The van der Waals surface area contributed by atoms with E-state index in [1.807, 2.05) is 22.6 Å². The van der Waals surface area contributed by atoms with E-state index in [2.05, 4.69) is 4.98 Å². The minimum atomic E-state index is 0.0214. The van der Waals surface area contributed by atoms with Crippen LogP contribution in [0.25, 0.3) is 0 Å². The summed E-state index contributed by atoms with van der Waals surface area (Å²) in [5.41, 5.74) is 0.0214. The average Bonchev–Trinajstić information content (AvgIpc) is 1.93. The maximum absolute atomic E-state index is 11.1. The third-order valence-electron chi connectivity index (χ3n) is 1.36. The molecule has 0 bridgehead atoms. The van der Waals surface area contributed by atoms with Crippen LogP contribution in [0.15, 0.2) is 11.0 Å². The van der Waals surface area contributed by atoms with Gasteiger partial charge in [-0.25, -0.2) is 4.98 Å². The van der Waals surface area contributed by atoms with E-state index in [0.29, 0.717) is 3.57 Å². The lowest BCUT2D eigenvalue weighted by atomic mass is 10.6. The van der Waals surface area contributed by atoms with Crippen LogP contribution in [0.4, 0.5) is 0 Å². The topological polar surface area (TPSA) is 34.9 Å². The van der Waals surface area contributed by atoms with Crippen LogP contribution in [-0.4, -0.2) is 9.55 Å². The Morgan fingerprint density at radius 3 is 2.80 bits per heavy atom. The molecule has 0 N–H and O–H groups in total. The maximum atomic E-state index is 11.1. The summed E-state index contributed by atoms with van der Waals surface area (Å²) in [6.45, 7) is 1.80. The van der Waals surface area contributed by atoms with Crippen LogP contribution in [-0.2, 0) is 7.05 Å². The van der Waals surface area contributed by atoms with Crippen molar-refractivity contribution in [3.05, 3.63) is 25.9 Å². The first-order valence-electron chi connectivity index (χ1n) is 2.81. The van der Waals surface area contributed by atoms with Gasteiger partial charge >= 0.3 is 0 Å². The van der Waals surface area contributed by atoms with Gasteiger partial charge in [-0.3, -0.25) is 9.36 Å². The molecule has 1 aromatic heterocycles. The molecule has 10 heavy (non-hydrogen) atoms. The molecule has 0 saturated heterocycles. The highest BCUT2D eigenvalue weighted by atomic mass is 127. The fourth-order valence-electron chi connectivity index (χ4n) is 0.599. The van der Waals surface area contributed by atoms with Crippen LogP contribution in [0, 0.1) is 10.5 Å². The summed E-state index contributed by atoms with van der Waals surface area (Å²) in [6.07, 6.45) is 1.58. The van der Waals surface area contributed by atoms with Crippen LogP contribution < -0.4 is 5.56 Å². The molecule has 0 unspecified atom stereocenters. The molecule has 0 aliphatic carbocycles. The van der Waals surface area contributed by atoms with E-state index in [-0.39, 0.29) is 5.56 Å². The van der Waals surface area contributed by atoms with Gasteiger partial charge < -0.3 is 0 Å². The van der Waals surface area contributed by atoms with Crippen molar-refractivity contribution < 1.29 is 0 Å². The number of aryl methyl sites for hydroxylation is 1. The standard InChI is InChI=1S/C6H7IN2O/c1-4-8-3-5(7)6(10)9(4)2/h3H,1-2H3. The van der Waals surface area contributed by atoms with Crippen molar-refractivity contribution in [1.82, 2.24) is 9.55 Å². The molecule has 1 aromatic rings. The number of hydrogen-bond acceptors (Lipinski definition) is 2. The summed E-state index contributed by atoms with van der Waals surface area (Å²) < 4.78 is 2.19. The van der Waals surface area contributed by atoms with E-state index in [9.17, 15) is 4.79 Å². The third kappa shape index (κ3) is 1.21. The molecular formula is C6H7IN2O. The summed E-state index contributed by atoms with van der Waals surface area (Å²) >= 11 is 1.97. The van der Waals surface area contributed by atoms with Gasteiger partial charge in [0.25, 0.3) is 5.56 Å². The predicted octanol–water partition coefficient (Wildman–Crippen LogP) is 0.693. The smallest absolute Gasteiger partial charge is 0.266 e. The summed E-state index contributed by atoms with van der Waals surface area (Å²) in [5.74, 6) is 0.741. The molecule has 4 heteroatoms. The van der Waals surface area contributed by atoms with E-state index in [4.69, 9.17) is 0 Å². The van der Waals surface area contributed by atoms with Crippen molar-refractivity contribution in [2.75, 3.05) is 0 Å². The SMILES string of the molecule is Cc1ncc(I)c(=O)n1C. The van der Waals surface area contributed by atoms with Crippen molar-refractivity contribution in [1.29, 1.82) is 0 Å². The molecule has 1 rings (SSSR count). The van der Waals surface area contributed by atoms with Crippen LogP contribution in [0.3, 0.4) is 0 Å². The van der Waals surface area contributed by atoms with Crippen molar-refractivity contribution in [3.63, 3.8) is 0 Å².